The van der Waals surface area contributed by atoms with Crippen molar-refractivity contribution in [3.63, 3.8) is 0 Å². The summed E-state index contributed by atoms with van der Waals surface area (Å²) in [5.74, 6) is 0.123. The highest BCUT2D eigenvalue weighted by atomic mass is 79.9. The molecule has 16 heavy (non-hydrogen) atoms. The van der Waals surface area contributed by atoms with Gasteiger partial charge in [0.05, 0.1) is 5.25 Å². The Morgan fingerprint density at radius 3 is 2.25 bits per heavy atom. The van der Waals surface area contributed by atoms with E-state index in [1.165, 1.54) is 0 Å². The van der Waals surface area contributed by atoms with Crippen LogP contribution in [0.25, 0.3) is 0 Å². The lowest BCUT2D eigenvalue weighted by atomic mass is 10.1. The first-order valence-electron chi connectivity index (χ1n) is 5.11. The first kappa shape index (κ1) is 13.7. The van der Waals surface area contributed by atoms with Crippen LogP contribution in [-0.4, -0.2) is 19.4 Å². The molecule has 0 aliphatic rings. The number of hydrogen-bond donors (Lipinski definition) is 1. The Hall–Kier alpha value is -0.390. The number of sulfone groups is 1. The van der Waals surface area contributed by atoms with Gasteiger partial charge in [0.15, 0.2) is 9.84 Å². The summed E-state index contributed by atoms with van der Waals surface area (Å²) in [6, 6.07) is 6.94. The molecule has 0 heterocycles. The van der Waals surface area contributed by atoms with Crippen LogP contribution in [0.3, 0.4) is 0 Å². The minimum Gasteiger partial charge on any atom is -0.323 e. The zero-order chi connectivity index (χ0) is 12.3. The van der Waals surface area contributed by atoms with E-state index < -0.39 is 21.1 Å². The minimum absolute atomic E-state index is 0.123. The minimum atomic E-state index is -3.09. The molecule has 0 saturated carbocycles. The van der Waals surface area contributed by atoms with Crippen molar-refractivity contribution in [1.29, 1.82) is 0 Å². The van der Waals surface area contributed by atoms with Gasteiger partial charge in [0.25, 0.3) is 0 Å². The largest absolute Gasteiger partial charge is 0.323 e. The summed E-state index contributed by atoms with van der Waals surface area (Å²) < 4.78 is 24.3. The Balaban J connectivity index is 2.94. The van der Waals surface area contributed by atoms with E-state index in [1.54, 1.807) is 13.8 Å². The summed E-state index contributed by atoms with van der Waals surface area (Å²) >= 11 is 3.33. The van der Waals surface area contributed by atoms with Crippen molar-refractivity contribution in [3.8, 4) is 0 Å². The van der Waals surface area contributed by atoms with Crippen molar-refractivity contribution in [2.24, 2.45) is 5.73 Å². The lowest BCUT2D eigenvalue weighted by Gasteiger charge is -2.19. The van der Waals surface area contributed by atoms with Gasteiger partial charge in [-0.2, -0.15) is 0 Å². The molecule has 1 aromatic carbocycles. The lowest BCUT2D eigenvalue weighted by Crippen LogP contribution is -2.32. The molecule has 0 radical (unpaired) electrons. The van der Waals surface area contributed by atoms with E-state index in [4.69, 9.17) is 5.73 Å². The first-order chi connectivity index (χ1) is 7.38. The number of rotatable bonds is 4. The summed E-state index contributed by atoms with van der Waals surface area (Å²) in [4.78, 5) is 0. The molecule has 2 atom stereocenters. The second kappa shape index (κ2) is 5.29. The van der Waals surface area contributed by atoms with E-state index in [0.717, 1.165) is 10.0 Å². The predicted molar refractivity (Wildman–Crippen MR) is 70.0 cm³/mol. The van der Waals surface area contributed by atoms with Crippen molar-refractivity contribution in [3.05, 3.63) is 34.3 Å². The van der Waals surface area contributed by atoms with Crippen molar-refractivity contribution in [1.82, 2.24) is 0 Å². The molecule has 2 N–H and O–H groups in total. The van der Waals surface area contributed by atoms with E-state index in [-0.39, 0.29) is 5.75 Å². The van der Waals surface area contributed by atoms with Crippen molar-refractivity contribution >= 4 is 25.8 Å². The Morgan fingerprint density at radius 1 is 1.31 bits per heavy atom. The standard InChI is InChI=1S/C11H16BrNO2S/c1-3-16(14,15)8(2)11(13)9-4-6-10(12)7-5-9/h4-8,11H,3,13H2,1-2H3/t8-,11+/m0/s1. The van der Waals surface area contributed by atoms with Crippen LogP contribution >= 0.6 is 15.9 Å². The van der Waals surface area contributed by atoms with E-state index >= 15 is 0 Å². The Morgan fingerprint density at radius 2 is 1.81 bits per heavy atom. The lowest BCUT2D eigenvalue weighted by molar-refractivity contribution is 0.566. The zero-order valence-electron chi connectivity index (χ0n) is 9.35. The van der Waals surface area contributed by atoms with Gasteiger partial charge in [0.2, 0.25) is 0 Å². The second-order valence-corrected chi connectivity index (χ2v) is 7.30. The second-order valence-electron chi connectivity index (χ2n) is 3.73. The predicted octanol–water partition coefficient (Wildman–Crippen LogP) is 2.27. The third kappa shape index (κ3) is 3.06. The van der Waals surface area contributed by atoms with Crippen LogP contribution in [0.5, 0.6) is 0 Å². The maximum Gasteiger partial charge on any atom is 0.154 e. The topological polar surface area (TPSA) is 60.2 Å². The molecule has 0 bridgehead atoms. The van der Waals surface area contributed by atoms with Gasteiger partial charge in [-0.1, -0.05) is 35.0 Å². The molecular formula is C11H16BrNO2S. The highest BCUT2D eigenvalue weighted by molar-refractivity contribution is 9.10. The average molecular weight is 306 g/mol. The van der Waals surface area contributed by atoms with Crippen molar-refractivity contribution in [2.45, 2.75) is 25.1 Å². The van der Waals surface area contributed by atoms with Gasteiger partial charge in [0, 0.05) is 16.3 Å². The number of hydrogen-bond acceptors (Lipinski definition) is 3. The summed E-state index contributed by atoms with van der Waals surface area (Å²) in [6.07, 6.45) is 0. The summed E-state index contributed by atoms with van der Waals surface area (Å²) in [5, 5.41) is -0.557. The van der Waals surface area contributed by atoms with Gasteiger partial charge in [-0.05, 0) is 24.6 Å². The number of benzene rings is 1. The summed E-state index contributed by atoms with van der Waals surface area (Å²) in [7, 11) is -3.09. The molecule has 0 aliphatic heterocycles. The van der Waals surface area contributed by atoms with Crippen LogP contribution in [0, 0.1) is 0 Å². The molecule has 0 unspecified atom stereocenters. The molecule has 3 nitrogen and oxygen atoms in total. The highest BCUT2D eigenvalue weighted by Crippen LogP contribution is 2.21. The van der Waals surface area contributed by atoms with E-state index in [0.29, 0.717) is 0 Å². The number of halogens is 1. The fraction of sp³-hybridized carbons (Fsp3) is 0.455. The van der Waals surface area contributed by atoms with Crippen LogP contribution < -0.4 is 5.73 Å². The molecule has 90 valence electrons. The van der Waals surface area contributed by atoms with Gasteiger partial charge in [0.1, 0.15) is 0 Å². The van der Waals surface area contributed by atoms with Gasteiger partial charge in [-0.15, -0.1) is 0 Å². The smallest absolute Gasteiger partial charge is 0.154 e. The molecule has 1 aromatic rings. The molecule has 0 spiro atoms. The summed E-state index contributed by atoms with van der Waals surface area (Å²) in [5.41, 5.74) is 6.80. The third-order valence-electron chi connectivity index (χ3n) is 2.73. The fourth-order valence-corrected chi connectivity index (χ4v) is 2.84. The van der Waals surface area contributed by atoms with Gasteiger partial charge in [-0.25, -0.2) is 8.42 Å². The normalized spacial score (nSPS) is 15.8. The van der Waals surface area contributed by atoms with E-state index in [9.17, 15) is 8.42 Å². The average Bonchev–Trinajstić information content (AvgIpc) is 2.28. The summed E-state index contributed by atoms with van der Waals surface area (Å²) in [6.45, 7) is 3.30. The van der Waals surface area contributed by atoms with Gasteiger partial charge in [-0.3, -0.25) is 0 Å². The molecule has 0 saturated heterocycles. The van der Waals surface area contributed by atoms with Crippen LogP contribution in [0.4, 0.5) is 0 Å². The van der Waals surface area contributed by atoms with E-state index in [1.807, 2.05) is 24.3 Å². The molecule has 5 heteroatoms. The monoisotopic (exact) mass is 305 g/mol. The molecular weight excluding hydrogens is 290 g/mol. The maximum atomic E-state index is 11.7. The quantitative estimate of drug-likeness (QED) is 0.928. The third-order valence-corrected chi connectivity index (χ3v) is 5.49. The van der Waals surface area contributed by atoms with Crippen molar-refractivity contribution < 1.29 is 8.42 Å². The number of nitrogens with two attached hydrogens (primary N) is 1. The maximum absolute atomic E-state index is 11.7. The van der Waals surface area contributed by atoms with Gasteiger partial charge >= 0.3 is 0 Å². The Bertz CT molecular complexity index is 442. The van der Waals surface area contributed by atoms with Crippen LogP contribution in [0.1, 0.15) is 25.5 Å². The van der Waals surface area contributed by atoms with Crippen molar-refractivity contribution in [2.75, 3.05) is 5.75 Å². The SMILES string of the molecule is CCS(=O)(=O)[C@@H](C)[C@@H](N)c1ccc(Br)cc1. The van der Waals surface area contributed by atoms with Crippen LogP contribution in [-0.2, 0) is 9.84 Å². The van der Waals surface area contributed by atoms with E-state index in [2.05, 4.69) is 15.9 Å². The van der Waals surface area contributed by atoms with Crippen LogP contribution in [0.15, 0.2) is 28.7 Å². The first-order valence-corrected chi connectivity index (χ1v) is 7.62. The molecule has 0 aliphatic carbocycles. The molecule has 0 aromatic heterocycles. The molecule has 0 fully saturated rings. The van der Waals surface area contributed by atoms with Gasteiger partial charge < -0.3 is 5.73 Å². The van der Waals surface area contributed by atoms with Crippen LogP contribution in [0.2, 0.25) is 0 Å². The Labute approximate surface area is 105 Å². The highest BCUT2D eigenvalue weighted by Gasteiger charge is 2.26. The molecule has 1 rings (SSSR count). The molecule has 0 amide bonds. The fourth-order valence-electron chi connectivity index (χ4n) is 1.44. The zero-order valence-corrected chi connectivity index (χ0v) is 11.8. The Kier molecular flexibility index (Phi) is 4.52.